The standard InChI is InChI=1S/C26H29N5O5/c1-33-26-27-11-19(12-28-26)17-4-5-23-18(8-17)9-20(15-35-23)29-25(32)22-10-24-31(30-22)13-21(36-24)6-7-34-14-16-2-3-16/h4-5,8,10-12,16,20-21H,2-3,6-7,9,13-15H2,1H3,(H,29,32)/t20-,21-/m1/s1. The number of benzene rings is 1. The van der Waals surface area contributed by atoms with Crippen molar-refractivity contribution in [3.05, 3.63) is 47.9 Å². The van der Waals surface area contributed by atoms with Gasteiger partial charge >= 0.3 is 6.01 Å². The van der Waals surface area contributed by atoms with Crippen molar-refractivity contribution in [3.63, 3.8) is 0 Å². The number of aromatic nitrogens is 4. The zero-order valence-electron chi connectivity index (χ0n) is 20.2. The molecule has 2 atom stereocenters. The molecular formula is C26H29N5O5. The Morgan fingerprint density at radius 2 is 2.06 bits per heavy atom. The fraction of sp³-hybridized carbons (Fsp3) is 0.462. The highest BCUT2D eigenvalue weighted by molar-refractivity contribution is 5.92. The van der Waals surface area contributed by atoms with Crippen LogP contribution in [0.4, 0.5) is 0 Å². The first-order chi connectivity index (χ1) is 17.6. The summed E-state index contributed by atoms with van der Waals surface area (Å²) in [5.41, 5.74) is 3.22. The number of carbonyl (C=O) groups excluding carboxylic acids is 1. The van der Waals surface area contributed by atoms with Gasteiger partial charge in [0, 0.05) is 37.1 Å². The molecule has 1 fully saturated rings. The van der Waals surface area contributed by atoms with E-state index in [1.165, 1.54) is 20.0 Å². The molecule has 0 spiro atoms. The van der Waals surface area contributed by atoms with Crippen molar-refractivity contribution in [1.82, 2.24) is 25.1 Å². The van der Waals surface area contributed by atoms with Crippen LogP contribution in [0.2, 0.25) is 0 Å². The molecule has 1 aromatic carbocycles. The first-order valence-corrected chi connectivity index (χ1v) is 12.4. The normalized spacial score (nSPS) is 20.1. The fourth-order valence-corrected chi connectivity index (χ4v) is 4.53. The first-order valence-electron chi connectivity index (χ1n) is 12.4. The van der Waals surface area contributed by atoms with Gasteiger partial charge in [-0.3, -0.25) is 4.79 Å². The van der Waals surface area contributed by atoms with Gasteiger partial charge in [0.2, 0.25) is 5.88 Å². The zero-order valence-corrected chi connectivity index (χ0v) is 20.2. The molecule has 0 saturated heterocycles. The summed E-state index contributed by atoms with van der Waals surface area (Å²) in [7, 11) is 1.54. The molecule has 10 nitrogen and oxygen atoms in total. The molecule has 0 radical (unpaired) electrons. The summed E-state index contributed by atoms with van der Waals surface area (Å²) in [5.74, 6) is 1.98. The number of hydrogen-bond donors (Lipinski definition) is 1. The number of rotatable bonds is 9. The molecule has 3 aromatic rings. The number of ether oxygens (including phenoxy) is 4. The Bertz CT molecular complexity index is 1220. The van der Waals surface area contributed by atoms with Gasteiger partial charge in [-0.15, -0.1) is 0 Å². The lowest BCUT2D eigenvalue weighted by atomic mass is 9.98. The van der Waals surface area contributed by atoms with Gasteiger partial charge in [0.25, 0.3) is 5.91 Å². The van der Waals surface area contributed by atoms with E-state index in [4.69, 9.17) is 18.9 Å². The van der Waals surface area contributed by atoms with Crippen LogP contribution in [0.15, 0.2) is 36.7 Å². The molecule has 2 aromatic heterocycles. The zero-order chi connectivity index (χ0) is 24.5. The molecule has 2 aliphatic heterocycles. The number of amides is 1. The summed E-state index contributed by atoms with van der Waals surface area (Å²) in [4.78, 5) is 21.3. The van der Waals surface area contributed by atoms with E-state index in [0.29, 0.717) is 43.8 Å². The van der Waals surface area contributed by atoms with E-state index in [0.717, 1.165) is 41.4 Å². The molecule has 1 aliphatic carbocycles. The van der Waals surface area contributed by atoms with Crippen LogP contribution in [0, 0.1) is 5.92 Å². The van der Waals surface area contributed by atoms with Gasteiger partial charge in [-0.05, 0) is 48.4 Å². The monoisotopic (exact) mass is 491 g/mol. The van der Waals surface area contributed by atoms with Gasteiger partial charge in [-0.25, -0.2) is 14.6 Å². The first kappa shape index (κ1) is 22.8. The van der Waals surface area contributed by atoms with Crippen LogP contribution in [0.5, 0.6) is 17.6 Å². The third kappa shape index (κ3) is 4.99. The van der Waals surface area contributed by atoms with Crippen molar-refractivity contribution in [2.75, 3.05) is 26.9 Å². The Balaban J connectivity index is 1.04. The van der Waals surface area contributed by atoms with E-state index in [1.807, 2.05) is 18.2 Å². The van der Waals surface area contributed by atoms with Crippen molar-refractivity contribution >= 4 is 5.91 Å². The van der Waals surface area contributed by atoms with Crippen molar-refractivity contribution < 1.29 is 23.7 Å². The van der Waals surface area contributed by atoms with Crippen LogP contribution in [-0.4, -0.2) is 64.7 Å². The van der Waals surface area contributed by atoms with Crippen LogP contribution < -0.4 is 19.5 Å². The molecule has 3 aliphatic rings. The van der Waals surface area contributed by atoms with E-state index < -0.39 is 0 Å². The quantitative estimate of drug-likeness (QED) is 0.455. The molecule has 1 N–H and O–H groups in total. The third-order valence-electron chi connectivity index (χ3n) is 6.72. The van der Waals surface area contributed by atoms with Gasteiger partial charge < -0.3 is 24.3 Å². The lowest BCUT2D eigenvalue weighted by molar-refractivity contribution is 0.0893. The van der Waals surface area contributed by atoms with Crippen LogP contribution in [-0.2, 0) is 17.7 Å². The van der Waals surface area contributed by atoms with Crippen molar-refractivity contribution in [2.24, 2.45) is 5.92 Å². The predicted octanol–water partition coefficient (Wildman–Crippen LogP) is 2.66. The molecule has 4 heterocycles. The van der Waals surface area contributed by atoms with Crippen molar-refractivity contribution in [3.8, 4) is 28.8 Å². The highest BCUT2D eigenvalue weighted by atomic mass is 16.5. The minimum Gasteiger partial charge on any atom is -0.491 e. The number of nitrogens with one attached hydrogen (secondary N) is 1. The number of nitrogens with zero attached hydrogens (tertiary/aromatic N) is 4. The molecule has 1 amide bonds. The molecule has 6 rings (SSSR count). The molecule has 10 heteroatoms. The van der Waals surface area contributed by atoms with Gasteiger partial charge in [-0.1, -0.05) is 6.07 Å². The van der Waals surface area contributed by atoms with Crippen molar-refractivity contribution in [2.45, 2.75) is 44.4 Å². The summed E-state index contributed by atoms with van der Waals surface area (Å²) >= 11 is 0. The predicted molar refractivity (Wildman–Crippen MR) is 129 cm³/mol. The summed E-state index contributed by atoms with van der Waals surface area (Å²) < 4.78 is 24.4. The number of methoxy groups -OCH3 is 1. The summed E-state index contributed by atoms with van der Waals surface area (Å²) in [6.07, 6.45) is 7.54. The van der Waals surface area contributed by atoms with Crippen LogP contribution in [0.1, 0.15) is 35.3 Å². The molecule has 188 valence electrons. The lowest BCUT2D eigenvalue weighted by Crippen LogP contribution is -2.43. The van der Waals surface area contributed by atoms with Crippen molar-refractivity contribution in [1.29, 1.82) is 0 Å². The minimum absolute atomic E-state index is 0.0392. The second-order valence-corrected chi connectivity index (χ2v) is 9.56. The van der Waals surface area contributed by atoms with E-state index in [1.54, 1.807) is 23.1 Å². The summed E-state index contributed by atoms with van der Waals surface area (Å²) in [6.45, 7) is 2.58. The van der Waals surface area contributed by atoms with E-state index >= 15 is 0 Å². The maximum Gasteiger partial charge on any atom is 0.316 e. The Hall–Kier alpha value is -3.66. The SMILES string of the molecule is COc1ncc(-c2ccc3c(c2)C[C@@H](NC(=O)c2cc4n(n2)C[C@@H](CCOCC2CC2)O4)CO3)cn1. The summed E-state index contributed by atoms with van der Waals surface area (Å²) in [6, 6.07) is 7.83. The van der Waals surface area contributed by atoms with Crippen LogP contribution in [0.3, 0.4) is 0 Å². The average molecular weight is 492 g/mol. The number of fused-ring (bicyclic) bond motifs is 2. The second kappa shape index (κ2) is 9.77. The van der Waals surface area contributed by atoms with Crippen LogP contribution >= 0.6 is 0 Å². The molecule has 0 bridgehead atoms. The Morgan fingerprint density at radius 3 is 2.83 bits per heavy atom. The highest BCUT2D eigenvalue weighted by Crippen LogP contribution is 2.31. The van der Waals surface area contributed by atoms with Gasteiger partial charge in [0.15, 0.2) is 5.69 Å². The van der Waals surface area contributed by atoms with Gasteiger partial charge in [0.1, 0.15) is 18.5 Å². The Labute approximate surface area is 208 Å². The highest BCUT2D eigenvalue weighted by Gasteiger charge is 2.29. The topological polar surface area (TPSA) is 110 Å². The van der Waals surface area contributed by atoms with Gasteiger partial charge in [0.05, 0.1) is 26.3 Å². The van der Waals surface area contributed by atoms with E-state index in [9.17, 15) is 4.79 Å². The average Bonchev–Trinajstić information content (AvgIpc) is 3.52. The fourth-order valence-electron chi connectivity index (χ4n) is 4.53. The van der Waals surface area contributed by atoms with Crippen LogP contribution in [0.25, 0.3) is 11.1 Å². The maximum absolute atomic E-state index is 12.9. The Morgan fingerprint density at radius 1 is 1.19 bits per heavy atom. The van der Waals surface area contributed by atoms with E-state index in [-0.39, 0.29) is 18.1 Å². The molecule has 36 heavy (non-hydrogen) atoms. The summed E-state index contributed by atoms with van der Waals surface area (Å²) in [5, 5.41) is 7.51. The van der Waals surface area contributed by atoms with Gasteiger partial charge in [-0.2, -0.15) is 5.10 Å². The smallest absolute Gasteiger partial charge is 0.316 e. The molecule has 1 saturated carbocycles. The van der Waals surface area contributed by atoms with E-state index in [2.05, 4.69) is 20.4 Å². The number of carbonyl (C=O) groups is 1. The number of hydrogen-bond acceptors (Lipinski definition) is 8. The lowest BCUT2D eigenvalue weighted by Gasteiger charge is -2.26. The molecular weight excluding hydrogens is 462 g/mol. The minimum atomic E-state index is -0.235. The molecule has 0 unspecified atom stereocenters. The third-order valence-corrected chi connectivity index (χ3v) is 6.72. The maximum atomic E-state index is 12.9. The second-order valence-electron chi connectivity index (χ2n) is 9.56. The largest absolute Gasteiger partial charge is 0.491 e. The Kier molecular flexibility index (Phi) is 6.18.